The molecule has 33 heavy (non-hydrogen) atoms. The second-order valence-electron chi connectivity index (χ2n) is 9.10. The van der Waals surface area contributed by atoms with Crippen LogP contribution in [-0.4, -0.2) is 53.4 Å². The van der Waals surface area contributed by atoms with Gasteiger partial charge in [0.2, 0.25) is 0 Å². The quantitative estimate of drug-likeness (QED) is 0.438. The molecule has 4 nitrogen and oxygen atoms in total. The third kappa shape index (κ3) is 4.98. The molecule has 172 valence electrons. The van der Waals surface area contributed by atoms with E-state index in [2.05, 4.69) is 26.7 Å². The van der Waals surface area contributed by atoms with Crippen molar-refractivity contribution < 1.29 is 9.18 Å². The molecule has 3 aromatic rings. The molecule has 2 aliphatic rings. The zero-order valence-corrected chi connectivity index (χ0v) is 19.9. The van der Waals surface area contributed by atoms with Gasteiger partial charge in [-0.05, 0) is 90.0 Å². The number of nitrogens with zero attached hydrogens (tertiary/aromatic N) is 3. The summed E-state index contributed by atoms with van der Waals surface area (Å²) in [6.07, 6.45) is 3.76. The Morgan fingerprint density at radius 2 is 1.88 bits per heavy atom. The first-order chi connectivity index (χ1) is 16.1. The van der Waals surface area contributed by atoms with Crippen molar-refractivity contribution in [3.63, 3.8) is 0 Å². The molecule has 7 heteroatoms. The van der Waals surface area contributed by atoms with E-state index in [1.54, 1.807) is 41.8 Å². The largest absolute Gasteiger partial charge is 0.338 e. The lowest BCUT2D eigenvalue weighted by Gasteiger charge is -2.34. The molecule has 2 aliphatic heterocycles. The lowest BCUT2D eigenvalue weighted by atomic mass is 9.87. The van der Waals surface area contributed by atoms with Crippen LogP contribution in [-0.2, 0) is 0 Å². The van der Waals surface area contributed by atoms with E-state index >= 15 is 0 Å². The molecule has 0 bridgehead atoms. The van der Waals surface area contributed by atoms with Gasteiger partial charge in [-0.1, -0.05) is 23.7 Å². The summed E-state index contributed by atoms with van der Waals surface area (Å²) in [6, 6.07) is 12.7. The van der Waals surface area contributed by atoms with Gasteiger partial charge in [0.1, 0.15) is 11.0 Å². The number of amides is 1. The number of piperidine rings is 1. The predicted molar refractivity (Wildman–Crippen MR) is 131 cm³/mol. The Balaban J connectivity index is 1.26. The number of pyridine rings is 1. The molecule has 2 unspecified atom stereocenters. The summed E-state index contributed by atoms with van der Waals surface area (Å²) >= 11 is 7.92. The first kappa shape index (κ1) is 22.5. The Morgan fingerprint density at radius 3 is 2.58 bits per heavy atom. The number of rotatable bonds is 5. The summed E-state index contributed by atoms with van der Waals surface area (Å²) < 4.78 is 13.3. The lowest BCUT2D eigenvalue weighted by molar-refractivity contribution is 0.0781. The average molecular weight is 484 g/mol. The van der Waals surface area contributed by atoms with E-state index < -0.39 is 0 Å². The third-order valence-electron chi connectivity index (χ3n) is 7.11. The van der Waals surface area contributed by atoms with Gasteiger partial charge in [-0.25, -0.2) is 9.37 Å². The highest BCUT2D eigenvalue weighted by Crippen LogP contribution is 2.37. The molecular formula is C26H27ClFN3OS. The molecule has 0 N–H and O–H groups in total. The van der Waals surface area contributed by atoms with Gasteiger partial charge in [0.25, 0.3) is 5.91 Å². The van der Waals surface area contributed by atoms with Gasteiger partial charge in [-0.2, -0.15) is 11.3 Å². The predicted octanol–water partition coefficient (Wildman–Crippen LogP) is 5.67. The monoisotopic (exact) mass is 483 g/mol. The molecular weight excluding hydrogens is 457 g/mol. The molecule has 0 radical (unpaired) electrons. The summed E-state index contributed by atoms with van der Waals surface area (Å²) in [5.74, 6) is 0.977. The van der Waals surface area contributed by atoms with Crippen molar-refractivity contribution in [3.05, 3.63) is 87.1 Å². The van der Waals surface area contributed by atoms with Gasteiger partial charge in [-0.3, -0.25) is 4.79 Å². The summed E-state index contributed by atoms with van der Waals surface area (Å²) in [6.45, 7) is 4.45. The summed E-state index contributed by atoms with van der Waals surface area (Å²) in [5, 5.41) is 4.59. The van der Waals surface area contributed by atoms with Crippen LogP contribution in [0.5, 0.6) is 0 Å². The molecule has 0 aliphatic carbocycles. The van der Waals surface area contributed by atoms with Crippen LogP contribution in [0.4, 0.5) is 4.39 Å². The van der Waals surface area contributed by atoms with E-state index in [0.29, 0.717) is 29.9 Å². The van der Waals surface area contributed by atoms with Gasteiger partial charge >= 0.3 is 0 Å². The highest BCUT2D eigenvalue weighted by Gasteiger charge is 2.38. The van der Waals surface area contributed by atoms with Gasteiger partial charge in [0.15, 0.2) is 0 Å². The number of benzene rings is 1. The molecule has 2 atom stereocenters. The summed E-state index contributed by atoms with van der Waals surface area (Å²) in [7, 11) is 0. The van der Waals surface area contributed by atoms with Crippen molar-refractivity contribution >= 4 is 28.8 Å². The molecule has 0 saturated carbocycles. The SMILES string of the molecule is O=C(c1cccnc1Cl)N1CC(CN2CCC(c3ccc(F)cc3)CC2)C(c2ccsc2)C1. The summed E-state index contributed by atoms with van der Waals surface area (Å²) in [5.41, 5.74) is 3.03. The van der Waals surface area contributed by atoms with Gasteiger partial charge < -0.3 is 9.80 Å². The van der Waals surface area contributed by atoms with Crippen LogP contribution in [0.3, 0.4) is 0 Å². The lowest BCUT2D eigenvalue weighted by Crippen LogP contribution is -2.38. The van der Waals surface area contributed by atoms with Crippen molar-refractivity contribution in [2.75, 3.05) is 32.7 Å². The van der Waals surface area contributed by atoms with Gasteiger partial charge in [-0.15, -0.1) is 0 Å². The van der Waals surface area contributed by atoms with Crippen molar-refractivity contribution in [1.29, 1.82) is 0 Å². The fourth-order valence-electron chi connectivity index (χ4n) is 5.32. The van der Waals surface area contributed by atoms with Gasteiger partial charge in [0.05, 0.1) is 5.56 Å². The molecule has 1 aromatic carbocycles. The van der Waals surface area contributed by atoms with E-state index in [0.717, 1.165) is 39.0 Å². The van der Waals surface area contributed by atoms with Crippen LogP contribution < -0.4 is 0 Å². The molecule has 1 amide bonds. The minimum atomic E-state index is -0.177. The van der Waals surface area contributed by atoms with Crippen molar-refractivity contribution in [1.82, 2.24) is 14.8 Å². The maximum absolute atomic E-state index is 13.3. The Labute approximate surface area is 203 Å². The standard InChI is InChI=1S/C26H27ClFN3OS/c27-25-23(2-1-10-29-25)26(32)31-15-21(24(16-31)20-9-13-33-17-20)14-30-11-7-19(8-12-30)18-3-5-22(28)6-4-18/h1-6,9-10,13,17,19,21,24H,7-8,11-12,14-16H2. The van der Waals surface area contributed by atoms with Crippen molar-refractivity contribution in [3.8, 4) is 0 Å². The Hall–Kier alpha value is -2.28. The Morgan fingerprint density at radius 1 is 1.09 bits per heavy atom. The minimum absolute atomic E-state index is 0.0363. The van der Waals surface area contributed by atoms with E-state index in [9.17, 15) is 9.18 Å². The van der Waals surface area contributed by atoms with Crippen molar-refractivity contribution in [2.45, 2.75) is 24.7 Å². The first-order valence-corrected chi connectivity index (χ1v) is 12.8. The van der Waals surface area contributed by atoms with Crippen LogP contribution >= 0.6 is 22.9 Å². The van der Waals surface area contributed by atoms with E-state index in [1.807, 2.05) is 17.0 Å². The molecule has 0 spiro atoms. The molecule has 2 fully saturated rings. The number of carbonyl (C=O) groups is 1. The van der Waals surface area contributed by atoms with Crippen LogP contribution in [0.25, 0.3) is 0 Å². The molecule has 4 heterocycles. The second kappa shape index (κ2) is 9.92. The van der Waals surface area contributed by atoms with Crippen LogP contribution in [0.15, 0.2) is 59.4 Å². The average Bonchev–Trinajstić information content (AvgIpc) is 3.50. The minimum Gasteiger partial charge on any atom is -0.338 e. The number of thiophene rings is 1. The number of carbonyl (C=O) groups excluding carboxylic acids is 1. The Bertz CT molecular complexity index is 1080. The number of hydrogen-bond donors (Lipinski definition) is 0. The zero-order chi connectivity index (χ0) is 22.8. The van der Waals surface area contributed by atoms with E-state index in [-0.39, 0.29) is 16.9 Å². The number of likely N-dealkylation sites (tertiary alicyclic amines) is 2. The second-order valence-corrected chi connectivity index (χ2v) is 10.2. The highest BCUT2D eigenvalue weighted by molar-refractivity contribution is 7.08. The first-order valence-electron chi connectivity index (χ1n) is 11.5. The fraction of sp³-hybridized carbons (Fsp3) is 0.385. The Kier molecular flexibility index (Phi) is 6.76. The number of halogens is 2. The van der Waals surface area contributed by atoms with E-state index in [4.69, 9.17) is 11.6 Å². The zero-order valence-electron chi connectivity index (χ0n) is 18.4. The molecule has 2 saturated heterocycles. The molecule has 2 aromatic heterocycles. The topological polar surface area (TPSA) is 36.4 Å². The smallest absolute Gasteiger partial charge is 0.257 e. The normalized spacial score (nSPS) is 22.1. The van der Waals surface area contributed by atoms with E-state index in [1.165, 1.54) is 11.1 Å². The maximum Gasteiger partial charge on any atom is 0.257 e. The maximum atomic E-state index is 13.3. The van der Waals surface area contributed by atoms with Crippen LogP contribution in [0, 0.1) is 11.7 Å². The number of aromatic nitrogens is 1. The number of hydrogen-bond acceptors (Lipinski definition) is 4. The highest BCUT2D eigenvalue weighted by atomic mass is 35.5. The van der Waals surface area contributed by atoms with Gasteiger partial charge in [0, 0.05) is 31.7 Å². The summed E-state index contributed by atoms with van der Waals surface area (Å²) in [4.78, 5) is 21.8. The third-order valence-corrected chi connectivity index (χ3v) is 8.11. The van der Waals surface area contributed by atoms with Crippen molar-refractivity contribution in [2.24, 2.45) is 5.92 Å². The van der Waals surface area contributed by atoms with Crippen LogP contribution in [0.1, 0.15) is 46.2 Å². The fourth-order valence-corrected chi connectivity index (χ4v) is 6.24. The molecule has 5 rings (SSSR count). The van der Waals surface area contributed by atoms with Crippen LogP contribution in [0.2, 0.25) is 5.15 Å².